The van der Waals surface area contributed by atoms with E-state index in [9.17, 15) is 9.00 Å². The summed E-state index contributed by atoms with van der Waals surface area (Å²) in [6, 6.07) is 6.83. The summed E-state index contributed by atoms with van der Waals surface area (Å²) in [4.78, 5) is 16.6. The smallest absolute Gasteiger partial charge is 0.251 e. The molecule has 0 aliphatic rings. The summed E-state index contributed by atoms with van der Waals surface area (Å²) in [5.41, 5.74) is 0.585. The minimum atomic E-state index is -1.01. The van der Waals surface area contributed by atoms with Crippen molar-refractivity contribution < 1.29 is 9.00 Å². The maximum Gasteiger partial charge on any atom is 0.251 e. The first-order chi connectivity index (χ1) is 9.66. The Balaban J connectivity index is 1.78. The van der Waals surface area contributed by atoms with Crippen molar-refractivity contribution in [1.29, 1.82) is 0 Å². The van der Waals surface area contributed by atoms with E-state index in [1.54, 1.807) is 43.0 Å². The van der Waals surface area contributed by atoms with Gasteiger partial charge in [0.2, 0.25) is 0 Å². The first-order valence-corrected chi connectivity index (χ1v) is 7.90. The number of nitrogens with one attached hydrogen (secondary N) is 1. The molecule has 0 saturated carbocycles. The summed E-state index contributed by atoms with van der Waals surface area (Å²) in [5, 5.41) is 2.86. The second-order valence-corrected chi connectivity index (χ2v) is 5.77. The third kappa shape index (κ3) is 4.03. The maximum absolute atomic E-state index is 11.9. The molecule has 6 heteroatoms. The van der Waals surface area contributed by atoms with Crippen LogP contribution in [0.25, 0.3) is 0 Å². The van der Waals surface area contributed by atoms with E-state index in [0.717, 1.165) is 17.9 Å². The van der Waals surface area contributed by atoms with Gasteiger partial charge in [-0.15, -0.1) is 0 Å². The highest BCUT2D eigenvalue weighted by atomic mass is 32.2. The lowest BCUT2D eigenvalue weighted by Crippen LogP contribution is -2.25. The van der Waals surface area contributed by atoms with Gasteiger partial charge >= 0.3 is 0 Å². The van der Waals surface area contributed by atoms with Crippen LogP contribution in [-0.4, -0.2) is 32.5 Å². The van der Waals surface area contributed by atoms with Crippen LogP contribution in [-0.2, 0) is 17.3 Å². The van der Waals surface area contributed by atoms with Gasteiger partial charge in [-0.2, -0.15) is 0 Å². The number of aryl methyl sites for hydroxylation is 1. The van der Waals surface area contributed by atoms with Crippen molar-refractivity contribution >= 4 is 16.7 Å². The predicted molar refractivity (Wildman–Crippen MR) is 78.0 cm³/mol. The molecule has 0 radical (unpaired) electrons. The van der Waals surface area contributed by atoms with Gasteiger partial charge in [-0.3, -0.25) is 9.00 Å². The Morgan fingerprint density at radius 2 is 2.10 bits per heavy atom. The minimum absolute atomic E-state index is 0.107. The largest absolute Gasteiger partial charge is 0.352 e. The second-order valence-electron chi connectivity index (χ2n) is 4.39. The van der Waals surface area contributed by atoms with Crippen molar-refractivity contribution in [2.45, 2.75) is 17.9 Å². The Morgan fingerprint density at radius 3 is 2.70 bits per heavy atom. The van der Waals surface area contributed by atoms with Gasteiger partial charge in [0.05, 0.1) is 6.33 Å². The molecule has 1 amide bonds. The highest BCUT2D eigenvalue weighted by molar-refractivity contribution is 7.84. The summed E-state index contributed by atoms with van der Waals surface area (Å²) in [6.07, 6.45) is 7.85. The zero-order valence-corrected chi connectivity index (χ0v) is 12.1. The molecule has 0 saturated heterocycles. The molecule has 0 fully saturated rings. The number of amides is 1. The molecular formula is C14H17N3O2S. The molecular weight excluding hydrogens is 274 g/mol. The average Bonchev–Trinajstić information content (AvgIpc) is 2.96. The predicted octanol–water partition coefficient (Wildman–Crippen LogP) is 1.44. The molecule has 2 rings (SSSR count). The van der Waals surface area contributed by atoms with Crippen LogP contribution in [0.1, 0.15) is 16.8 Å². The summed E-state index contributed by atoms with van der Waals surface area (Å²) in [5.74, 6) is -0.107. The van der Waals surface area contributed by atoms with Crippen molar-refractivity contribution in [3.63, 3.8) is 0 Å². The normalized spacial score (nSPS) is 12.1. The van der Waals surface area contributed by atoms with E-state index in [1.807, 2.05) is 10.8 Å². The first kappa shape index (κ1) is 14.5. The molecule has 5 nitrogen and oxygen atoms in total. The Morgan fingerprint density at radius 1 is 1.35 bits per heavy atom. The SMILES string of the molecule is CS(=O)c1ccc(C(=O)NCCCn2ccnc2)cc1. The van der Waals surface area contributed by atoms with Gasteiger partial charge < -0.3 is 9.88 Å². The molecule has 1 unspecified atom stereocenters. The number of benzene rings is 1. The van der Waals surface area contributed by atoms with E-state index >= 15 is 0 Å². The second kappa shape index (κ2) is 7.00. The number of hydrogen-bond acceptors (Lipinski definition) is 3. The van der Waals surface area contributed by atoms with Gasteiger partial charge in [0.25, 0.3) is 5.91 Å². The van der Waals surface area contributed by atoms with Crippen molar-refractivity contribution in [2.75, 3.05) is 12.8 Å². The van der Waals surface area contributed by atoms with Crippen LogP contribution in [0.15, 0.2) is 47.9 Å². The van der Waals surface area contributed by atoms with Gasteiger partial charge in [0.15, 0.2) is 0 Å². The number of imidazole rings is 1. The number of aromatic nitrogens is 2. The van der Waals surface area contributed by atoms with Crippen LogP contribution < -0.4 is 5.32 Å². The summed E-state index contributed by atoms with van der Waals surface area (Å²) >= 11 is 0. The topological polar surface area (TPSA) is 64.0 Å². The lowest BCUT2D eigenvalue weighted by Gasteiger charge is -2.06. The number of carbonyl (C=O) groups is 1. The van der Waals surface area contributed by atoms with Crippen molar-refractivity contribution in [3.8, 4) is 0 Å². The zero-order chi connectivity index (χ0) is 14.4. The Labute approximate surface area is 120 Å². The minimum Gasteiger partial charge on any atom is -0.352 e. The molecule has 0 spiro atoms. The Bertz CT molecular complexity index is 579. The van der Waals surface area contributed by atoms with Gasteiger partial charge in [0.1, 0.15) is 0 Å². The monoisotopic (exact) mass is 291 g/mol. The van der Waals surface area contributed by atoms with Crippen LogP contribution in [0.2, 0.25) is 0 Å². The van der Waals surface area contributed by atoms with Crippen molar-refractivity contribution in [1.82, 2.24) is 14.9 Å². The summed E-state index contributed by atoms with van der Waals surface area (Å²) in [6.45, 7) is 1.44. The van der Waals surface area contributed by atoms with Crippen LogP contribution in [0.3, 0.4) is 0 Å². The van der Waals surface area contributed by atoms with E-state index in [-0.39, 0.29) is 5.91 Å². The van der Waals surface area contributed by atoms with Crippen LogP contribution >= 0.6 is 0 Å². The van der Waals surface area contributed by atoms with Gasteiger partial charge in [-0.25, -0.2) is 4.98 Å². The molecule has 0 aliphatic heterocycles. The summed E-state index contributed by atoms with van der Waals surface area (Å²) < 4.78 is 13.2. The maximum atomic E-state index is 11.9. The van der Waals surface area contributed by atoms with E-state index in [4.69, 9.17) is 0 Å². The van der Waals surface area contributed by atoms with Crippen LogP contribution in [0.5, 0.6) is 0 Å². The number of hydrogen-bond donors (Lipinski definition) is 1. The number of rotatable bonds is 6. The molecule has 106 valence electrons. The molecule has 1 N–H and O–H groups in total. The van der Waals surface area contributed by atoms with Gasteiger partial charge in [0, 0.05) is 53.0 Å². The fourth-order valence-corrected chi connectivity index (χ4v) is 2.30. The van der Waals surface area contributed by atoms with Crippen LogP contribution in [0, 0.1) is 0 Å². The molecule has 2 aromatic rings. The zero-order valence-electron chi connectivity index (χ0n) is 11.3. The standard InChI is InChI=1S/C14H17N3O2S/c1-20(19)13-5-3-12(4-6-13)14(18)16-7-2-9-17-10-8-15-11-17/h3-6,8,10-11H,2,7,9H2,1H3,(H,16,18). The van der Waals surface area contributed by atoms with Crippen molar-refractivity contribution in [3.05, 3.63) is 48.5 Å². The summed E-state index contributed by atoms with van der Waals surface area (Å²) in [7, 11) is -1.01. The Kier molecular flexibility index (Phi) is 5.06. The molecule has 1 heterocycles. The Hall–Kier alpha value is -1.95. The highest BCUT2D eigenvalue weighted by Crippen LogP contribution is 2.07. The molecule has 20 heavy (non-hydrogen) atoms. The fraction of sp³-hybridized carbons (Fsp3) is 0.286. The van der Waals surface area contributed by atoms with Gasteiger partial charge in [-0.05, 0) is 30.7 Å². The molecule has 0 bridgehead atoms. The van der Waals surface area contributed by atoms with Crippen LogP contribution in [0.4, 0.5) is 0 Å². The average molecular weight is 291 g/mol. The van der Waals surface area contributed by atoms with E-state index in [0.29, 0.717) is 12.1 Å². The quantitative estimate of drug-likeness (QED) is 0.819. The van der Waals surface area contributed by atoms with E-state index in [2.05, 4.69) is 10.3 Å². The highest BCUT2D eigenvalue weighted by Gasteiger charge is 2.05. The van der Waals surface area contributed by atoms with Crippen molar-refractivity contribution in [2.24, 2.45) is 0 Å². The van der Waals surface area contributed by atoms with E-state index in [1.165, 1.54) is 0 Å². The molecule has 1 aromatic carbocycles. The number of nitrogens with zero attached hydrogens (tertiary/aromatic N) is 2. The van der Waals surface area contributed by atoms with E-state index < -0.39 is 10.8 Å². The van der Waals surface area contributed by atoms with Gasteiger partial charge in [-0.1, -0.05) is 0 Å². The lowest BCUT2D eigenvalue weighted by molar-refractivity contribution is 0.0952. The molecule has 0 aliphatic carbocycles. The molecule has 1 aromatic heterocycles. The first-order valence-electron chi connectivity index (χ1n) is 6.34. The molecule has 1 atom stereocenters. The number of carbonyl (C=O) groups excluding carboxylic acids is 1. The lowest BCUT2D eigenvalue weighted by atomic mass is 10.2. The third-order valence-corrected chi connectivity index (χ3v) is 3.82. The third-order valence-electron chi connectivity index (χ3n) is 2.89. The fourth-order valence-electron chi connectivity index (χ4n) is 1.78.